The van der Waals surface area contributed by atoms with Crippen LogP contribution in [0.5, 0.6) is 0 Å². The first-order valence-corrected chi connectivity index (χ1v) is 6.39. The quantitative estimate of drug-likeness (QED) is 0.765. The lowest BCUT2D eigenvalue weighted by molar-refractivity contribution is -0.147. The Kier molecular flexibility index (Phi) is 4.31. The molecule has 0 unspecified atom stereocenters. The van der Waals surface area contributed by atoms with E-state index in [1.54, 1.807) is 0 Å². The van der Waals surface area contributed by atoms with Crippen molar-refractivity contribution in [2.24, 2.45) is 0 Å². The number of halogens is 1. The lowest BCUT2D eigenvalue weighted by Gasteiger charge is -2.33. The first-order valence-electron chi connectivity index (χ1n) is 6.01. The molecule has 0 aromatic carbocycles. The van der Waals surface area contributed by atoms with Crippen molar-refractivity contribution >= 4 is 23.5 Å². The summed E-state index contributed by atoms with van der Waals surface area (Å²) in [4.78, 5) is 25.5. The van der Waals surface area contributed by atoms with Gasteiger partial charge >= 0.3 is 5.97 Å². The molecule has 102 valence electrons. The van der Waals surface area contributed by atoms with Crippen molar-refractivity contribution < 1.29 is 14.3 Å². The van der Waals surface area contributed by atoms with Crippen LogP contribution in [0.1, 0.15) is 29.8 Å². The minimum Gasteiger partial charge on any atom is -0.467 e. The molecule has 1 aliphatic heterocycles. The number of esters is 1. The number of ether oxygens (including phenoxy) is 1. The Hall–Kier alpha value is -1.69. The highest BCUT2D eigenvalue weighted by molar-refractivity contribution is 6.29. The molecule has 1 fully saturated rings. The van der Waals surface area contributed by atoms with Crippen molar-refractivity contribution in [3.63, 3.8) is 0 Å². The van der Waals surface area contributed by atoms with Gasteiger partial charge in [-0.15, -0.1) is 10.2 Å². The smallest absolute Gasteiger partial charge is 0.328 e. The fourth-order valence-electron chi connectivity index (χ4n) is 2.13. The molecule has 0 saturated carbocycles. The van der Waals surface area contributed by atoms with Crippen LogP contribution in [0.3, 0.4) is 0 Å². The molecule has 1 saturated heterocycles. The third-order valence-corrected chi connectivity index (χ3v) is 3.29. The molecule has 0 N–H and O–H groups in total. The molecule has 0 radical (unpaired) electrons. The molecule has 1 amide bonds. The highest BCUT2D eigenvalue weighted by Crippen LogP contribution is 2.20. The Bertz CT molecular complexity index is 478. The molecule has 0 spiro atoms. The van der Waals surface area contributed by atoms with Gasteiger partial charge in [0.1, 0.15) is 6.04 Å². The first-order chi connectivity index (χ1) is 9.13. The molecule has 1 aliphatic rings. The minimum absolute atomic E-state index is 0.181. The van der Waals surface area contributed by atoms with Gasteiger partial charge in [-0.3, -0.25) is 4.79 Å². The van der Waals surface area contributed by atoms with Crippen LogP contribution in [0.15, 0.2) is 12.1 Å². The van der Waals surface area contributed by atoms with E-state index >= 15 is 0 Å². The fraction of sp³-hybridized carbons (Fsp3) is 0.500. The SMILES string of the molecule is COC(=O)[C@H]1CCCCN1C(=O)c1ccc(Cl)nn1. The lowest BCUT2D eigenvalue weighted by atomic mass is 10.0. The third-order valence-electron chi connectivity index (χ3n) is 3.09. The summed E-state index contributed by atoms with van der Waals surface area (Å²) < 4.78 is 4.74. The van der Waals surface area contributed by atoms with Gasteiger partial charge in [-0.05, 0) is 31.4 Å². The molecule has 1 atom stereocenters. The van der Waals surface area contributed by atoms with Crippen molar-refractivity contribution in [1.82, 2.24) is 15.1 Å². The van der Waals surface area contributed by atoms with Crippen LogP contribution >= 0.6 is 11.6 Å². The largest absolute Gasteiger partial charge is 0.467 e. The Balaban J connectivity index is 2.20. The van der Waals surface area contributed by atoms with Crippen molar-refractivity contribution in [3.05, 3.63) is 23.0 Å². The van der Waals surface area contributed by atoms with Crippen LogP contribution < -0.4 is 0 Å². The highest BCUT2D eigenvalue weighted by Gasteiger charge is 2.33. The summed E-state index contributed by atoms with van der Waals surface area (Å²) in [7, 11) is 1.32. The summed E-state index contributed by atoms with van der Waals surface area (Å²) >= 11 is 5.63. The highest BCUT2D eigenvalue weighted by atomic mass is 35.5. The van der Waals surface area contributed by atoms with Crippen LogP contribution in [0.2, 0.25) is 5.15 Å². The monoisotopic (exact) mass is 283 g/mol. The molecule has 19 heavy (non-hydrogen) atoms. The summed E-state index contributed by atoms with van der Waals surface area (Å²) in [6.45, 7) is 0.517. The van der Waals surface area contributed by atoms with Crippen molar-refractivity contribution in [2.75, 3.05) is 13.7 Å². The standard InChI is InChI=1S/C12H14ClN3O3/c1-19-12(18)9-4-2-3-7-16(9)11(17)8-5-6-10(13)15-14-8/h5-6,9H,2-4,7H2,1H3/t9-/m1/s1. The van der Waals surface area contributed by atoms with Gasteiger partial charge in [0.05, 0.1) is 7.11 Å². The normalized spacial score (nSPS) is 19.1. The summed E-state index contributed by atoms with van der Waals surface area (Å²) in [5.74, 6) is -0.714. The van der Waals surface area contributed by atoms with Gasteiger partial charge in [0, 0.05) is 6.54 Å². The van der Waals surface area contributed by atoms with Crippen molar-refractivity contribution in [3.8, 4) is 0 Å². The predicted molar refractivity (Wildman–Crippen MR) is 67.7 cm³/mol. The first kappa shape index (κ1) is 13.7. The summed E-state index contributed by atoms with van der Waals surface area (Å²) in [6, 6.07) is 2.46. The second kappa shape index (κ2) is 5.97. The summed E-state index contributed by atoms with van der Waals surface area (Å²) in [6.07, 6.45) is 2.37. The summed E-state index contributed by atoms with van der Waals surface area (Å²) in [5.41, 5.74) is 0.181. The zero-order chi connectivity index (χ0) is 13.8. The topological polar surface area (TPSA) is 72.4 Å². The van der Waals surface area contributed by atoms with Gasteiger partial charge < -0.3 is 9.64 Å². The predicted octanol–water partition coefficient (Wildman–Crippen LogP) is 1.30. The number of hydrogen-bond donors (Lipinski definition) is 0. The van der Waals surface area contributed by atoms with Gasteiger partial charge in [-0.1, -0.05) is 11.6 Å². The Morgan fingerprint density at radius 3 is 2.79 bits per heavy atom. The van der Waals surface area contributed by atoms with Crippen LogP contribution in [0.25, 0.3) is 0 Å². The molecule has 2 rings (SSSR count). The van der Waals surface area contributed by atoms with E-state index in [9.17, 15) is 9.59 Å². The van der Waals surface area contributed by atoms with E-state index in [0.717, 1.165) is 12.8 Å². The minimum atomic E-state index is -0.538. The average molecular weight is 284 g/mol. The maximum atomic E-state index is 12.3. The average Bonchev–Trinajstić information content (AvgIpc) is 2.46. The zero-order valence-electron chi connectivity index (χ0n) is 10.5. The second-order valence-electron chi connectivity index (χ2n) is 4.27. The molecule has 6 nitrogen and oxygen atoms in total. The number of rotatable bonds is 2. The number of piperidine rings is 1. The maximum absolute atomic E-state index is 12.3. The number of aromatic nitrogens is 2. The molecule has 2 heterocycles. The molecular formula is C12H14ClN3O3. The number of carbonyl (C=O) groups excluding carboxylic acids is 2. The Morgan fingerprint density at radius 1 is 1.37 bits per heavy atom. The number of hydrogen-bond acceptors (Lipinski definition) is 5. The van der Waals surface area contributed by atoms with E-state index in [1.807, 2.05) is 0 Å². The van der Waals surface area contributed by atoms with E-state index in [-0.39, 0.29) is 16.8 Å². The maximum Gasteiger partial charge on any atom is 0.328 e. The molecular weight excluding hydrogens is 270 g/mol. The number of likely N-dealkylation sites (tertiary alicyclic amines) is 1. The zero-order valence-corrected chi connectivity index (χ0v) is 11.3. The van der Waals surface area contributed by atoms with Gasteiger partial charge in [0.2, 0.25) is 0 Å². The fourth-order valence-corrected chi connectivity index (χ4v) is 2.23. The Labute approximate surface area is 115 Å². The van der Waals surface area contributed by atoms with Crippen LogP contribution in [0.4, 0.5) is 0 Å². The van der Waals surface area contributed by atoms with Crippen LogP contribution in [-0.4, -0.2) is 46.7 Å². The Morgan fingerprint density at radius 2 is 2.16 bits per heavy atom. The molecule has 1 aromatic heterocycles. The van der Waals surface area contributed by atoms with Crippen LogP contribution in [0, 0.1) is 0 Å². The van der Waals surface area contributed by atoms with Gasteiger partial charge in [0.25, 0.3) is 5.91 Å². The third kappa shape index (κ3) is 3.01. The molecule has 0 aliphatic carbocycles. The number of amides is 1. The van der Waals surface area contributed by atoms with Crippen molar-refractivity contribution in [1.29, 1.82) is 0 Å². The van der Waals surface area contributed by atoms with Crippen LogP contribution in [-0.2, 0) is 9.53 Å². The van der Waals surface area contributed by atoms with E-state index in [2.05, 4.69) is 10.2 Å². The van der Waals surface area contributed by atoms with E-state index in [1.165, 1.54) is 24.1 Å². The number of methoxy groups -OCH3 is 1. The molecule has 7 heteroatoms. The number of nitrogens with zero attached hydrogens (tertiary/aromatic N) is 3. The second-order valence-corrected chi connectivity index (χ2v) is 4.66. The number of carbonyl (C=O) groups is 2. The molecule has 1 aromatic rings. The van der Waals surface area contributed by atoms with Crippen molar-refractivity contribution in [2.45, 2.75) is 25.3 Å². The summed E-state index contributed by atoms with van der Waals surface area (Å²) in [5, 5.41) is 7.61. The van der Waals surface area contributed by atoms with E-state index in [4.69, 9.17) is 16.3 Å². The molecule has 0 bridgehead atoms. The van der Waals surface area contributed by atoms with E-state index < -0.39 is 12.0 Å². The van der Waals surface area contributed by atoms with Gasteiger partial charge in [-0.2, -0.15) is 0 Å². The van der Waals surface area contributed by atoms with Gasteiger partial charge in [-0.25, -0.2) is 4.79 Å². The van der Waals surface area contributed by atoms with Gasteiger partial charge in [0.15, 0.2) is 10.8 Å². The van der Waals surface area contributed by atoms with E-state index in [0.29, 0.717) is 13.0 Å². The lowest BCUT2D eigenvalue weighted by Crippen LogP contribution is -2.48.